The summed E-state index contributed by atoms with van der Waals surface area (Å²) in [4.78, 5) is 1.35. The lowest BCUT2D eigenvalue weighted by atomic mass is 10.1. The van der Waals surface area contributed by atoms with Crippen LogP contribution < -0.4 is 5.73 Å². The van der Waals surface area contributed by atoms with Gasteiger partial charge in [-0.1, -0.05) is 13.3 Å². The quantitative estimate of drug-likeness (QED) is 0.806. The average molecular weight is 206 g/mol. The van der Waals surface area contributed by atoms with Gasteiger partial charge in [0.05, 0.1) is 0 Å². The maximum absolute atomic E-state index is 5.96. The molecule has 0 aromatic carbocycles. The first-order valence-electron chi connectivity index (χ1n) is 4.05. The van der Waals surface area contributed by atoms with E-state index in [-0.39, 0.29) is 18.4 Å². The Hall–Kier alpha value is -0.0500. The van der Waals surface area contributed by atoms with Crippen molar-refractivity contribution in [2.75, 3.05) is 0 Å². The first kappa shape index (κ1) is 11.9. The Labute approximate surface area is 84.4 Å². The molecule has 0 unspecified atom stereocenters. The molecule has 70 valence electrons. The summed E-state index contributed by atoms with van der Waals surface area (Å²) in [5.41, 5.74) is 7.30. The Morgan fingerprint density at radius 3 is 2.67 bits per heavy atom. The molecule has 0 aliphatic heterocycles. The van der Waals surface area contributed by atoms with Crippen molar-refractivity contribution < 1.29 is 0 Å². The van der Waals surface area contributed by atoms with Crippen LogP contribution in [0.5, 0.6) is 0 Å². The topological polar surface area (TPSA) is 26.0 Å². The molecule has 0 aliphatic carbocycles. The lowest BCUT2D eigenvalue weighted by Gasteiger charge is -2.08. The number of nitrogens with two attached hydrogens (primary N) is 1. The van der Waals surface area contributed by atoms with Gasteiger partial charge in [-0.05, 0) is 30.4 Å². The lowest BCUT2D eigenvalue weighted by Crippen LogP contribution is -2.08. The molecule has 0 bridgehead atoms. The molecule has 0 spiro atoms. The number of thiophene rings is 1. The van der Waals surface area contributed by atoms with Gasteiger partial charge in [-0.25, -0.2) is 0 Å². The van der Waals surface area contributed by atoms with E-state index in [1.54, 1.807) is 11.3 Å². The molecular weight excluding hydrogens is 190 g/mol. The summed E-state index contributed by atoms with van der Waals surface area (Å²) in [6.45, 7) is 4.30. The fraction of sp³-hybridized carbons (Fsp3) is 0.556. The molecule has 12 heavy (non-hydrogen) atoms. The van der Waals surface area contributed by atoms with Crippen LogP contribution in [0, 0.1) is 6.92 Å². The first-order chi connectivity index (χ1) is 5.25. The Kier molecular flexibility index (Phi) is 5.55. The molecule has 1 aromatic heterocycles. The summed E-state index contributed by atoms with van der Waals surface area (Å²) < 4.78 is 0. The summed E-state index contributed by atoms with van der Waals surface area (Å²) in [5.74, 6) is 0. The Bertz CT molecular complexity index is 222. The highest BCUT2D eigenvalue weighted by atomic mass is 35.5. The molecular formula is C9H16ClNS. The van der Waals surface area contributed by atoms with Crippen molar-refractivity contribution in [2.45, 2.75) is 32.7 Å². The van der Waals surface area contributed by atoms with Gasteiger partial charge in [0.25, 0.3) is 0 Å². The standard InChI is InChI=1S/C9H15NS.ClH/c1-3-4-8(10)9-7(2)5-6-11-9;/h5-6,8H,3-4,10H2,1-2H3;1H/t8-;/m0./s1. The van der Waals surface area contributed by atoms with Gasteiger partial charge >= 0.3 is 0 Å². The summed E-state index contributed by atoms with van der Waals surface area (Å²) in [7, 11) is 0. The van der Waals surface area contributed by atoms with Crippen molar-refractivity contribution in [3.05, 3.63) is 21.9 Å². The zero-order valence-corrected chi connectivity index (χ0v) is 9.17. The molecule has 0 fully saturated rings. The van der Waals surface area contributed by atoms with Crippen molar-refractivity contribution >= 4 is 23.7 Å². The van der Waals surface area contributed by atoms with Gasteiger partial charge in [0, 0.05) is 10.9 Å². The molecule has 1 atom stereocenters. The summed E-state index contributed by atoms with van der Waals surface area (Å²) in [5, 5.41) is 2.11. The van der Waals surface area contributed by atoms with Crippen LogP contribution in [0.2, 0.25) is 0 Å². The van der Waals surface area contributed by atoms with E-state index in [1.165, 1.54) is 16.9 Å². The second-order valence-corrected chi connectivity index (χ2v) is 3.81. The molecule has 1 heterocycles. The zero-order valence-electron chi connectivity index (χ0n) is 7.54. The van der Waals surface area contributed by atoms with Crippen molar-refractivity contribution in [1.29, 1.82) is 0 Å². The molecule has 1 nitrogen and oxygen atoms in total. The van der Waals surface area contributed by atoms with E-state index in [2.05, 4.69) is 25.3 Å². The molecule has 2 N–H and O–H groups in total. The minimum atomic E-state index is 0. The average Bonchev–Trinajstić information content (AvgIpc) is 2.36. The van der Waals surface area contributed by atoms with E-state index in [4.69, 9.17) is 5.73 Å². The van der Waals surface area contributed by atoms with Gasteiger partial charge in [-0.2, -0.15) is 0 Å². The maximum Gasteiger partial charge on any atom is 0.0392 e. The van der Waals surface area contributed by atoms with Crippen LogP contribution in [-0.2, 0) is 0 Å². The van der Waals surface area contributed by atoms with Crippen LogP contribution in [0.15, 0.2) is 11.4 Å². The second kappa shape index (κ2) is 5.57. The molecule has 0 saturated carbocycles. The second-order valence-electron chi connectivity index (χ2n) is 2.86. The van der Waals surface area contributed by atoms with E-state index in [1.807, 2.05) is 0 Å². The van der Waals surface area contributed by atoms with Crippen LogP contribution in [0.3, 0.4) is 0 Å². The van der Waals surface area contributed by atoms with Crippen molar-refractivity contribution in [1.82, 2.24) is 0 Å². The number of aryl methyl sites for hydroxylation is 1. The maximum atomic E-state index is 5.96. The van der Waals surface area contributed by atoms with Gasteiger partial charge < -0.3 is 5.73 Å². The third kappa shape index (κ3) is 2.77. The van der Waals surface area contributed by atoms with Gasteiger partial charge in [0.1, 0.15) is 0 Å². The van der Waals surface area contributed by atoms with E-state index in [0.717, 1.165) is 6.42 Å². The summed E-state index contributed by atoms with van der Waals surface area (Å²) >= 11 is 1.77. The molecule has 0 amide bonds. The molecule has 1 rings (SSSR count). The number of rotatable bonds is 3. The van der Waals surface area contributed by atoms with Crippen molar-refractivity contribution in [3.63, 3.8) is 0 Å². The fourth-order valence-electron chi connectivity index (χ4n) is 1.21. The van der Waals surface area contributed by atoms with E-state index in [0.29, 0.717) is 0 Å². The molecule has 0 saturated heterocycles. The van der Waals surface area contributed by atoms with Crippen molar-refractivity contribution in [3.8, 4) is 0 Å². The highest BCUT2D eigenvalue weighted by Crippen LogP contribution is 2.24. The van der Waals surface area contributed by atoms with Gasteiger partial charge in [-0.3, -0.25) is 0 Å². The summed E-state index contributed by atoms with van der Waals surface area (Å²) in [6, 6.07) is 2.40. The van der Waals surface area contributed by atoms with Crippen LogP contribution in [0.25, 0.3) is 0 Å². The van der Waals surface area contributed by atoms with Crippen LogP contribution in [0.4, 0.5) is 0 Å². The molecule has 0 aliphatic rings. The highest BCUT2D eigenvalue weighted by molar-refractivity contribution is 7.10. The minimum Gasteiger partial charge on any atom is -0.323 e. The number of hydrogen-bond donors (Lipinski definition) is 1. The predicted molar refractivity (Wildman–Crippen MR) is 58.1 cm³/mol. The van der Waals surface area contributed by atoms with Crippen LogP contribution in [-0.4, -0.2) is 0 Å². The minimum absolute atomic E-state index is 0. The smallest absolute Gasteiger partial charge is 0.0392 e. The predicted octanol–water partition coefficient (Wildman–Crippen LogP) is 3.28. The van der Waals surface area contributed by atoms with Gasteiger partial charge in [0.2, 0.25) is 0 Å². The Balaban J connectivity index is 0.00000121. The Morgan fingerprint density at radius 2 is 2.25 bits per heavy atom. The largest absolute Gasteiger partial charge is 0.323 e. The highest BCUT2D eigenvalue weighted by Gasteiger charge is 2.07. The summed E-state index contributed by atoms with van der Waals surface area (Å²) in [6.07, 6.45) is 2.26. The monoisotopic (exact) mass is 205 g/mol. The lowest BCUT2D eigenvalue weighted by molar-refractivity contribution is 0.646. The molecule has 0 radical (unpaired) electrons. The van der Waals surface area contributed by atoms with Crippen LogP contribution in [0.1, 0.15) is 36.2 Å². The number of halogens is 1. The van der Waals surface area contributed by atoms with Crippen molar-refractivity contribution in [2.24, 2.45) is 5.73 Å². The first-order valence-corrected chi connectivity index (χ1v) is 4.93. The Morgan fingerprint density at radius 1 is 1.58 bits per heavy atom. The van der Waals surface area contributed by atoms with Crippen LogP contribution >= 0.6 is 23.7 Å². The third-order valence-electron chi connectivity index (χ3n) is 1.84. The molecule has 3 heteroatoms. The van der Waals surface area contributed by atoms with Gasteiger partial charge in [0.15, 0.2) is 0 Å². The molecule has 1 aromatic rings. The zero-order chi connectivity index (χ0) is 8.27. The SMILES string of the molecule is CCC[C@H](N)c1sccc1C.Cl. The van der Waals surface area contributed by atoms with E-state index < -0.39 is 0 Å². The van der Waals surface area contributed by atoms with E-state index >= 15 is 0 Å². The van der Waals surface area contributed by atoms with Gasteiger partial charge in [-0.15, -0.1) is 23.7 Å². The fourth-order valence-corrected chi connectivity index (χ4v) is 2.17. The third-order valence-corrected chi connectivity index (χ3v) is 2.99. The normalized spacial score (nSPS) is 12.2. The number of hydrogen-bond acceptors (Lipinski definition) is 2. The van der Waals surface area contributed by atoms with E-state index in [9.17, 15) is 0 Å².